The number of carbonyl (C=O) groups is 1. The molecule has 0 aromatic carbocycles. The van der Waals surface area contributed by atoms with Crippen molar-refractivity contribution in [3.63, 3.8) is 0 Å². The van der Waals surface area contributed by atoms with Gasteiger partial charge in [0.05, 0.1) is 7.11 Å². The maximum absolute atomic E-state index is 12.0. The average molecular weight is 284 g/mol. The molecule has 0 radical (unpaired) electrons. The molecule has 0 spiro atoms. The van der Waals surface area contributed by atoms with Gasteiger partial charge in [0.15, 0.2) is 0 Å². The fourth-order valence-electron chi connectivity index (χ4n) is 3.11. The van der Waals surface area contributed by atoms with Crippen LogP contribution in [0.25, 0.3) is 0 Å². The molecule has 0 aromatic rings. The van der Waals surface area contributed by atoms with Crippen LogP contribution in [0.15, 0.2) is 0 Å². The van der Waals surface area contributed by atoms with Crippen LogP contribution in [0.4, 0.5) is 0 Å². The van der Waals surface area contributed by atoms with Crippen molar-refractivity contribution in [3.8, 4) is 0 Å². The van der Waals surface area contributed by atoms with Crippen LogP contribution in [0.3, 0.4) is 0 Å². The van der Waals surface area contributed by atoms with E-state index in [9.17, 15) is 4.79 Å². The molecule has 0 aliphatic carbocycles. The zero-order valence-electron chi connectivity index (χ0n) is 13.7. The highest BCUT2D eigenvalue weighted by atomic mass is 16.5. The number of carbonyl (C=O) groups excluding carboxylic acids is 1. The van der Waals surface area contributed by atoms with E-state index in [-0.39, 0.29) is 12.0 Å². The molecule has 0 bridgehead atoms. The number of hydrogen-bond acceptors (Lipinski definition) is 4. The second kappa shape index (κ2) is 8.63. The predicted octanol–water partition coefficient (Wildman–Crippen LogP) is 2.57. The van der Waals surface area contributed by atoms with Gasteiger partial charge >= 0.3 is 5.97 Å². The minimum atomic E-state index is -0.561. The van der Waals surface area contributed by atoms with Crippen molar-refractivity contribution < 1.29 is 9.53 Å². The Morgan fingerprint density at radius 2 is 1.85 bits per heavy atom. The van der Waals surface area contributed by atoms with Gasteiger partial charge in [-0.05, 0) is 66.1 Å². The van der Waals surface area contributed by atoms with E-state index < -0.39 is 5.54 Å². The van der Waals surface area contributed by atoms with E-state index in [1.54, 1.807) is 0 Å². The Morgan fingerprint density at radius 1 is 1.25 bits per heavy atom. The number of esters is 1. The Hall–Kier alpha value is -0.610. The smallest absolute Gasteiger partial charge is 0.325 e. The van der Waals surface area contributed by atoms with Gasteiger partial charge in [0.25, 0.3) is 0 Å². The van der Waals surface area contributed by atoms with Crippen molar-refractivity contribution in [1.29, 1.82) is 0 Å². The summed E-state index contributed by atoms with van der Waals surface area (Å²) in [5, 5.41) is 3.36. The summed E-state index contributed by atoms with van der Waals surface area (Å²) in [7, 11) is 1.47. The number of methoxy groups -OCH3 is 1. The third-order valence-corrected chi connectivity index (χ3v) is 4.09. The Bertz CT molecular complexity index is 286. The first-order valence-electron chi connectivity index (χ1n) is 8.06. The first-order chi connectivity index (χ1) is 9.48. The molecule has 1 saturated heterocycles. The summed E-state index contributed by atoms with van der Waals surface area (Å²) in [5.74, 6) is -0.151. The van der Waals surface area contributed by atoms with Crippen LogP contribution in [0.2, 0.25) is 0 Å². The van der Waals surface area contributed by atoms with Gasteiger partial charge in [0, 0.05) is 6.04 Å². The van der Waals surface area contributed by atoms with Crippen molar-refractivity contribution in [3.05, 3.63) is 0 Å². The summed E-state index contributed by atoms with van der Waals surface area (Å²) in [6.45, 7) is 9.61. The third-order valence-electron chi connectivity index (χ3n) is 4.09. The van der Waals surface area contributed by atoms with E-state index in [4.69, 9.17) is 4.74 Å². The van der Waals surface area contributed by atoms with Crippen molar-refractivity contribution in [2.75, 3.05) is 26.7 Å². The molecule has 0 saturated carbocycles. The van der Waals surface area contributed by atoms with Gasteiger partial charge in [-0.3, -0.25) is 10.1 Å². The lowest BCUT2D eigenvalue weighted by atomic mass is 9.94. The monoisotopic (exact) mass is 284 g/mol. The minimum Gasteiger partial charge on any atom is -0.468 e. The zero-order valence-corrected chi connectivity index (χ0v) is 13.7. The Balaban J connectivity index is 2.43. The summed E-state index contributed by atoms with van der Waals surface area (Å²) in [4.78, 5) is 14.5. The van der Waals surface area contributed by atoms with Crippen molar-refractivity contribution in [2.45, 2.75) is 70.9 Å². The standard InChI is InChI=1S/C16H32N2O2/c1-14(2)17-16(3,15(19)20-4)10-9-13-18-11-7-5-6-8-12-18/h14,17H,5-13H2,1-4H3. The molecule has 1 atom stereocenters. The molecule has 0 aromatic heterocycles. The van der Waals surface area contributed by atoms with Crippen molar-refractivity contribution >= 4 is 5.97 Å². The number of nitrogens with zero attached hydrogens (tertiary/aromatic N) is 1. The van der Waals surface area contributed by atoms with Crippen LogP contribution in [-0.2, 0) is 9.53 Å². The van der Waals surface area contributed by atoms with Crippen LogP contribution >= 0.6 is 0 Å². The highest BCUT2D eigenvalue weighted by molar-refractivity contribution is 5.80. The first kappa shape index (κ1) is 17.4. The molecule has 1 fully saturated rings. The second-order valence-electron chi connectivity index (χ2n) is 6.48. The third kappa shape index (κ3) is 5.80. The summed E-state index contributed by atoms with van der Waals surface area (Å²) in [6, 6.07) is 0.275. The van der Waals surface area contributed by atoms with Gasteiger partial charge < -0.3 is 9.64 Å². The Morgan fingerprint density at radius 3 is 2.35 bits per heavy atom. The number of hydrogen-bond donors (Lipinski definition) is 1. The first-order valence-corrected chi connectivity index (χ1v) is 8.06. The topological polar surface area (TPSA) is 41.6 Å². The molecule has 0 amide bonds. The highest BCUT2D eigenvalue weighted by Gasteiger charge is 2.34. The summed E-state index contributed by atoms with van der Waals surface area (Å²) in [5.41, 5.74) is -0.561. The molecule has 118 valence electrons. The van der Waals surface area contributed by atoms with E-state index in [1.807, 2.05) is 6.92 Å². The lowest BCUT2D eigenvalue weighted by molar-refractivity contribution is -0.148. The zero-order chi connectivity index (χ0) is 15.0. The molecular formula is C16H32N2O2. The minimum absolute atomic E-state index is 0.151. The lowest BCUT2D eigenvalue weighted by Crippen LogP contribution is -2.53. The number of nitrogens with one attached hydrogen (secondary N) is 1. The van der Waals surface area contributed by atoms with E-state index in [0.717, 1.165) is 19.4 Å². The lowest BCUT2D eigenvalue weighted by Gasteiger charge is -2.31. The molecule has 1 unspecified atom stereocenters. The largest absolute Gasteiger partial charge is 0.468 e. The second-order valence-corrected chi connectivity index (χ2v) is 6.48. The molecule has 4 heteroatoms. The SMILES string of the molecule is COC(=O)C(C)(CCCN1CCCCCC1)NC(C)C. The van der Waals surface area contributed by atoms with E-state index in [1.165, 1.54) is 45.9 Å². The quantitative estimate of drug-likeness (QED) is 0.730. The normalized spacial score (nSPS) is 20.4. The number of ether oxygens (including phenoxy) is 1. The van der Waals surface area contributed by atoms with E-state index in [2.05, 4.69) is 24.1 Å². The van der Waals surface area contributed by atoms with Gasteiger partial charge in [0.2, 0.25) is 0 Å². The van der Waals surface area contributed by atoms with Crippen LogP contribution in [0, 0.1) is 0 Å². The summed E-state index contributed by atoms with van der Waals surface area (Å²) < 4.78 is 4.96. The maximum Gasteiger partial charge on any atom is 0.325 e. The molecular weight excluding hydrogens is 252 g/mol. The van der Waals surface area contributed by atoms with Crippen LogP contribution in [0.1, 0.15) is 59.3 Å². The van der Waals surface area contributed by atoms with Gasteiger partial charge in [0.1, 0.15) is 5.54 Å². The molecule has 1 heterocycles. The van der Waals surface area contributed by atoms with Crippen LogP contribution in [0.5, 0.6) is 0 Å². The van der Waals surface area contributed by atoms with Gasteiger partial charge in [-0.25, -0.2) is 0 Å². The fourth-order valence-corrected chi connectivity index (χ4v) is 3.11. The fraction of sp³-hybridized carbons (Fsp3) is 0.938. The predicted molar refractivity (Wildman–Crippen MR) is 82.8 cm³/mol. The summed E-state index contributed by atoms with van der Waals surface area (Å²) >= 11 is 0. The average Bonchev–Trinajstić information content (AvgIpc) is 2.65. The Labute approximate surface area is 124 Å². The van der Waals surface area contributed by atoms with E-state index >= 15 is 0 Å². The molecule has 1 aliphatic rings. The van der Waals surface area contributed by atoms with E-state index in [0.29, 0.717) is 0 Å². The molecule has 1 aliphatic heterocycles. The van der Waals surface area contributed by atoms with Crippen molar-refractivity contribution in [1.82, 2.24) is 10.2 Å². The number of likely N-dealkylation sites (tertiary alicyclic amines) is 1. The molecule has 1 N–H and O–H groups in total. The van der Waals surface area contributed by atoms with Crippen molar-refractivity contribution in [2.24, 2.45) is 0 Å². The van der Waals surface area contributed by atoms with Gasteiger partial charge in [-0.1, -0.05) is 12.8 Å². The van der Waals surface area contributed by atoms with Gasteiger partial charge in [-0.15, -0.1) is 0 Å². The highest BCUT2D eigenvalue weighted by Crippen LogP contribution is 2.17. The molecule has 1 rings (SSSR count). The Kier molecular flexibility index (Phi) is 7.52. The van der Waals surface area contributed by atoms with Gasteiger partial charge in [-0.2, -0.15) is 0 Å². The molecule has 20 heavy (non-hydrogen) atoms. The molecule has 4 nitrogen and oxygen atoms in total. The van der Waals surface area contributed by atoms with Crippen LogP contribution < -0.4 is 5.32 Å². The van der Waals surface area contributed by atoms with Crippen LogP contribution in [-0.4, -0.2) is 49.2 Å². The maximum atomic E-state index is 12.0. The summed E-state index contributed by atoms with van der Waals surface area (Å²) in [6.07, 6.45) is 7.23. The number of rotatable bonds is 7.